The monoisotopic (exact) mass is 278 g/mol. The van der Waals surface area contributed by atoms with Crippen LogP contribution >= 0.6 is 0 Å². The minimum Gasteiger partial charge on any atom is -0.387 e. The van der Waals surface area contributed by atoms with Gasteiger partial charge in [-0.25, -0.2) is 4.79 Å². The van der Waals surface area contributed by atoms with E-state index >= 15 is 0 Å². The minimum atomic E-state index is -0.695. The highest BCUT2D eigenvalue weighted by Gasteiger charge is 2.25. The van der Waals surface area contributed by atoms with Gasteiger partial charge in [-0.15, -0.1) is 0 Å². The number of urea groups is 1. The molecule has 2 rings (SSSR count). The van der Waals surface area contributed by atoms with Crippen LogP contribution in [0.5, 0.6) is 0 Å². The summed E-state index contributed by atoms with van der Waals surface area (Å²) in [7, 11) is 0. The Morgan fingerprint density at radius 1 is 1.50 bits per heavy atom. The van der Waals surface area contributed by atoms with Crippen LogP contribution in [0.2, 0.25) is 0 Å². The Labute approximate surface area is 119 Å². The van der Waals surface area contributed by atoms with Gasteiger partial charge in [0, 0.05) is 13.2 Å². The summed E-state index contributed by atoms with van der Waals surface area (Å²) in [5.74, 6) is 0. The number of nitrogens with one attached hydrogen (secondary N) is 2. The van der Waals surface area contributed by atoms with E-state index in [2.05, 4.69) is 10.6 Å². The predicted octanol–water partition coefficient (Wildman–Crippen LogP) is 1.51. The summed E-state index contributed by atoms with van der Waals surface area (Å²) in [5.41, 5.74) is 1.85. The van der Waals surface area contributed by atoms with Crippen molar-refractivity contribution >= 4 is 6.03 Å². The molecular weight excluding hydrogens is 256 g/mol. The van der Waals surface area contributed by atoms with Gasteiger partial charge >= 0.3 is 6.03 Å². The molecule has 110 valence electrons. The first-order chi connectivity index (χ1) is 9.58. The maximum Gasteiger partial charge on any atom is 0.315 e. The molecule has 5 heteroatoms. The van der Waals surface area contributed by atoms with Crippen LogP contribution in [0.4, 0.5) is 4.79 Å². The summed E-state index contributed by atoms with van der Waals surface area (Å²) < 4.78 is 5.39. The molecule has 0 aromatic heterocycles. The van der Waals surface area contributed by atoms with Gasteiger partial charge in [-0.05, 0) is 31.4 Å². The normalized spacial score (nSPS) is 23.4. The molecule has 2 amide bonds. The van der Waals surface area contributed by atoms with Gasteiger partial charge in [-0.1, -0.05) is 24.3 Å². The van der Waals surface area contributed by atoms with Crippen LogP contribution in [0.1, 0.15) is 30.6 Å². The highest BCUT2D eigenvalue weighted by atomic mass is 16.5. The Balaban J connectivity index is 1.80. The highest BCUT2D eigenvalue weighted by Crippen LogP contribution is 2.16. The van der Waals surface area contributed by atoms with E-state index in [1.165, 1.54) is 0 Å². The lowest BCUT2D eigenvalue weighted by molar-refractivity contribution is 0.113. The molecule has 3 N–H and O–H groups in total. The smallest absolute Gasteiger partial charge is 0.315 e. The molecule has 3 unspecified atom stereocenters. The molecule has 1 fully saturated rings. The number of aliphatic hydroxyl groups is 1. The molecule has 0 bridgehead atoms. The van der Waals surface area contributed by atoms with Crippen LogP contribution in [0.25, 0.3) is 0 Å². The van der Waals surface area contributed by atoms with Gasteiger partial charge in [0.1, 0.15) is 0 Å². The van der Waals surface area contributed by atoms with Crippen LogP contribution < -0.4 is 10.6 Å². The third-order valence-corrected chi connectivity index (χ3v) is 3.70. The summed E-state index contributed by atoms with van der Waals surface area (Å²) in [6.45, 7) is 4.76. The van der Waals surface area contributed by atoms with Gasteiger partial charge in [0.05, 0.1) is 18.2 Å². The minimum absolute atomic E-state index is 0.0436. The lowest BCUT2D eigenvalue weighted by Crippen LogP contribution is -2.45. The number of rotatable bonds is 4. The predicted molar refractivity (Wildman–Crippen MR) is 76.5 cm³/mol. The SMILES string of the molecule is Cc1ccccc1C(O)CNC(=O)NC1CCOC1C. The van der Waals surface area contributed by atoms with Gasteiger partial charge in [0.15, 0.2) is 0 Å². The van der Waals surface area contributed by atoms with Crippen molar-refractivity contribution in [2.45, 2.75) is 38.5 Å². The van der Waals surface area contributed by atoms with E-state index in [-0.39, 0.29) is 24.7 Å². The fourth-order valence-corrected chi connectivity index (χ4v) is 2.40. The van der Waals surface area contributed by atoms with Crippen molar-refractivity contribution in [2.24, 2.45) is 0 Å². The molecule has 1 aliphatic rings. The van der Waals surface area contributed by atoms with Gasteiger partial charge in [0.2, 0.25) is 0 Å². The van der Waals surface area contributed by atoms with Crippen LogP contribution in [-0.4, -0.2) is 36.4 Å². The van der Waals surface area contributed by atoms with Crippen LogP contribution in [0.3, 0.4) is 0 Å². The van der Waals surface area contributed by atoms with E-state index in [1.54, 1.807) is 0 Å². The number of amides is 2. The molecule has 0 spiro atoms. The fraction of sp³-hybridized carbons (Fsp3) is 0.533. The van der Waals surface area contributed by atoms with Crippen LogP contribution in [-0.2, 0) is 4.74 Å². The average molecular weight is 278 g/mol. The lowest BCUT2D eigenvalue weighted by Gasteiger charge is -2.18. The number of ether oxygens (including phenoxy) is 1. The van der Waals surface area contributed by atoms with Gasteiger partial charge in [-0.2, -0.15) is 0 Å². The molecule has 0 aliphatic carbocycles. The molecule has 1 aromatic rings. The Kier molecular flexibility index (Phi) is 4.98. The van der Waals surface area contributed by atoms with E-state index < -0.39 is 6.10 Å². The van der Waals surface area contributed by atoms with E-state index in [0.29, 0.717) is 6.61 Å². The number of aryl methyl sites for hydroxylation is 1. The van der Waals surface area contributed by atoms with Crippen LogP contribution in [0.15, 0.2) is 24.3 Å². The zero-order valence-electron chi connectivity index (χ0n) is 11.9. The average Bonchev–Trinajstić information content (AvgIpc) is 2.82. The van der Waals surface area contributed by atoms with E-state index in [0.717, 1.165) is 17.5 Å². The quantitative estimate of drug-likeness (QED) is 0.781. The molecule has 20 heavy (non-hydrogen) atoms. The van der Waals surface area contributed by atoms with Crippen molar-refractivity contribution < 1.29 is 14.6 Å². The van der Waals surface area contributed by atoms with Gasteiger partial charge in [-0.3, -0.25) is 0 Å². The Morgan fingerprint density at radius 2 is 2.25 bits per heavy atom. The molecule has 1 heterocycles. The number of hydrogen-bond acceptors (Lipinski definition) is 3. The first kappa shape index (κ1) is 14.8. The molecule has 0 saturated carbocycles. The maximum absolute atomic E-state index is 11.8. The van der Waals surface area contributed by atoms with E-state index in [9.17, 15) is 9.90 Å². The second-order valence-electron chi connectivity index (χ2n) is 5.20. The van der Waals surface area contributed by atoms with Crippen molar-refractivity contribution in [1.82, 2.24) is 10.6 Å². The van der Waals surface area contributed by atoms with E-state index in [4.69, 9.17) is 4.74 Å². The van der Waals surface area contributed by atoms with Crippen LogP contribution in [0, 0.1) is 6.92 Å². The zero-order valence-corrected chi connectivity index (χ0v) is 11.9. The third-order valence-electron chi connectivity index (χ3n) is 3.70. The number of carbonyl (C=O) groups excluding carboxylic acids is 1. The summed E-state index contributed by atoms with van der Waals surface area (Å²) in [4.78, 5) is 11.8. The fourth-order valence-electron chi connectivity index (χ4n) is 2.40. The van der Waals surface area contributed by atoms with Crippen molar-refractivity contribution in [1.29, 1.82) is 0 Å². The Morgan fingerprint density at radius 3 is 2.90 bits per heavy atom. The first-order valence-electron chi connectivity index (χ1n) is 6.97. The molecule has 0 radical (unpaired) electrons. The molecule has 3 atom stereocenters. The Bertz CT molecular complexity index is 464. The lowest BCUT2D eigenvalue weighted by atomic mass is 10.0. The number of benzene rings is 1. The number of carbonyl (C=O) groups is 1. The third kappa shape index (κ3) is 3.71. The summed E-state index contributed by atoms with van der Waals surface area (Å²) in [6, 6.07) is 7.39. The Hall–Kier alpha value is -1.59. The standard InChI is InChI=1S/C15H22N2O3/c1-10-5-3-4-6-12(10)14(18)9-16-15(19)17-13-7-8-20-11(13)2/h3-6,11,13-14,18H,7-9H2,1-2H3,(H2,16,17,19). The molecular formula is C15H22N2O3. The number of hydrogen-bond donors (Lipinski definition) is 3. The zero-order chi connectivity index (χ0) is 14.5. The summed E-state index contributed by atoms with van der Waals surface area (Å²) in [5, 5.41) is 15.7. The summed E-state index contributed by atoms with van der Waals surface area (Å²) in [6.07, 6.45) is 0.177. The summed E-state index contributed by atoms with van der Waals surface area (Å²) >= 11 is 0. The van der Waals surface area contributed by atoms with Gasteiger partial charge in [0.25, 0.3) is 0 Å². The second-order valence-corrected chi connectivity index (χ2v) is 5.20. The largest absolute Gasteiger partial charge is 0.387 e. The van der Waals surface area contributed by atoms with Gasteiger partial charge < -0.3 is 20.5 Å². The topological polar surface area (TPSA) is 70.6 Å². The number of aliphatic hydroxyl groups excluding tert-OH is 1. The van der Waals surface area contributed by atoms with Crippen molar-refractivity contribution in [3.63, 3.8) is 0 Å². The molecule has 5 nitrogen and oxygen atoms in total. The first-order valence-corrected chi connectivity index (χ1v) is 6.97. The molecule has 1 aromatic carbocycles. The van der Waals surface area contributed by atoms with Crippen molar-refractivity contribution in [3.05, 3.63) is 35.4 Å². The van der Waals surface area contributed by atoms with Crippen molar-refractivity contribution in [3.8, 4) is 0 Å². The highest BCUT2D eigenvalue weighted by molar-refractivity contribution is 5.74. The van der Waals surface area contributed by atoms with E-state index in [1.807, 2.05) is 38.1 Å². The molecule has 1 saturated heterocycles. The molecule has 1 aliphatic heterocycles. The maximum atomic E-state index is 11.8. The van der Waals surface area contributed by atoms with Crippen molar-refractivity contribution in [2.75, 3.05) is 13.2 Å². The second kappa shape index (κ2) is 6.72.